The predicted octanol–water partition coefficient (Wildman–Crippen LogP) is 6.46. The molecule has 1 aliphatic heterocycles. The number of rotatable bonds is 3. The van der Waals surface area contributed by atoms with Crippen molar-refractivity contribution in [1.82, 2.24) is 0 Å². The summed E-state index contributed by atoms with van der Waals surface area (Å²) >= 11 is 9.90. The fourth-order valence-corrected chi connectivity index (χ4v) is 4.85. The van der Waals surface area contributed by atoms with Gasteiger partial charge in [0.1, 0.15) is 11.3 Å². The molecule has 0 saturated carbocycles. The molecule has 3 aromatic carbocycles. The van der Waals surface area contributed by atoms with E-state index in [1.54, 1.807) is 0 Å². The first-order valence-electron chi connectivity index (χ1n) is 9.96. The van der Waals surface area contributed by atoms with Crippen LogP contribution >= 0.6 is 27.5 Å². The van der Waals surface area contributed by atoms with E-state index in [2.05, 4.69) is 15.9 Å². The van der Waals surface area contributed by atoms with Gasteiger partial charge in [0.05, 0.1) is 22.8 Å². The Morgan fingerprint density at radius 1 is 1.10 bits per heavy atom. The Morgan fingerprint density at radius 2 is 1.90 bits per heavy atom. The lowest BCUT2D eigenvalue weighted by Crippen LogP contribution is -2.32. The smallest absolute Gasteiger partial charge is 0.340 e. The minimum absolute atomic E-state index is 0.305. The van der Waals surface area contributed by atoms with Crippen LogP contribution in [0.4, 0.5) is 5.69 Å². The molecule has 0 spiro atoms. The van der Waals surface area contributed by atoms with E-state index in [4.69, 9.17) is 20.8 Å². The summed E-state index contributed by atoms with van der Waals surface area (Å²) in [6.07, 6.45) is 0.541. The quantitative estimate of drug-likeness (QED) is 0.305. The van der Waals surface area contributed by atoms with Gasteiger partial charge >= 0.3 is 5.63 Å². The minimum Gasteiger partial charge on any atom is -0.473 e. The molecule has 0 radical (unpaired) electrons. The van der Waals surface area contributed by atoms with Gasteiger partial charge in [0, 0.05) is 21.8 Å². The molecule has 0 N–H and O–H groups in total. The van der Waals surface area contributed by atoms with Gasteiger partial charge in [-0.05, 0) is 48.4 Å². The van der Waals surface area contributed by atoms with Gasteiger partial charge in [-0.1, -0.05) is 57.9 Å². The second-order valence-corrected chi connectivity index (χ2v) is 8.96. The van der Waals surface area contributed by atoms with Crippen molar-refractivity contribution in [2.24, 2.45) is 0 Å². The van der Waals surface area contributed by atoms with Crippen LogP contribution in [0.5, 0.6) is 5.75 Å². The van der Waals surface area contributed by atoms with E-state index in [1.807, 2.05) is 72.5 Å². The molecule has 0 fully saturated rings. The third-order valence-electron chi connectivity index (χ3n) is 5.71. The van der Waals surface area contributed by atoms with Gasteiger partial charge in [-0.15, -0.1) is 0 Å². The Balaban J connectivity index is 1.58. The fourth-order valence-electron chi connectivity index (χ4n) is 4.06. The summed E-state index contributed by atoms with van der Waals surface area (Å²) in [5.74, 6) is 0.732. The first-order chi connectivity index (χ1) is 15.0. The zero-order chi connectivity index (χ0) is 21.5. The van der Waals surface area contributed by atoms with Crippen molar-refractivity contribution in [3.05, 3.63) is 103 Å². The summed E-state index contributed by atoms with van der Waals surface area (Å²) in [5.41, 5.74) is 4.70. The first kappa shape index (κ1) is 20.2. The number of ether oxygens (including phenoxy) is 1. The van der Waals surface area contributed by atoms with Gasteiger partial charge < -0.3 is 14.1 Å². The number of hydrogen-bond donors (Lipinski definition) is 0. The molecule has 2 heterocycles. The van der Waals surface area contributed by atoms with Gasteiger partial charge in [0.25, 0.3) is 0 Å². The molecule has 0 atom stereocenters. The van der Waals surface area contributed by atoms with Crippen LogP contribution in [-0.2, 0) is 13.0 Å². The topological polar surface area (TPSA) is 42.7 Å². The lowest BCUT2D eigenvalue weighted by Gasteiger charge is -2.31. The van der Waals surface area contributed by atoms with E-state index in [0.29, 0.717) is 35.9 Å². The second kappa shape index (κ2) is 8.06. The van der Waals surface area contributed by atoms with Gasteiger partial charge in [-0.2, -0.15) is 0 Å². The molecule has 0 aliphatic carbocycles. The molecule has 1 aliphatic rings. The molecule has 0 unspecified atom stereocenters. The summed E-state index contributed by atoms with van der Waals surface area (Å²) in [6.45, 7) is 2.89. The van der Waals surface area contributed by atoms with Crippen LogP contribution < -0.4 is 15.3 Å². The van der Waals surface area contributed by atoms with Crippen LogP contribution in [0.25, 0.3) is 11.0 Å². The number of fused-ring (bicyclic) bond motifs is 3. The molecule has 4 nitrogen and oxygen atoms in total. The number of nitrogens with zero attached hydrogens (tertiary/aromatic N) is 1. The molecule has 4 aromatic rings. The molecule has 1 aromatic heterocycles. The Kier molecular flexibility index (Phi) is 5.24. The molecular formula is C25H19BrClNO3. The third kappa shape index (κ3) is 3.73. The summed E-state index contributed by atoms with van der Waals surface area (Å²) in [7, 11) is 0. The first-order valence-corrected chi connectivity index (χ1v) is 11.1. The Hall–Kier alpha value is -2.76. The van der Waals surface area contributed by atoms with Gasteiger partial charge in [-0.3, -0.25) is 0 Å². The van der Waals surface area contributed by atoms with Crippen LogP contribution in [0.15, 0.2) is 74.3 Å². The summed E-state index contributed by atoms with van der Waals surface area (Å²) in [4.78, 5) is 15.0. The van der Waals surface area contributed by atoms with Gasteiger partial charge in [0.2, 0.25) is 0 Å². The predicted molar refractivity (Wildman–Crippen MR) is 127 cm³/mol. The molecule has 0 amide bonds. The zero-order valence-corrected chi connectivity index (χ0v) is 19.2. The van der Waals surface area contributed by atoms with E-state index in [9.17, 15) is 4.79 Å². The summed E-state index contributed by atoms with van der Waals surface area (Å²) in [6, 6.07) is 19.6. The maximum Gasteiger partial charge on any atom is 0.340 e. The van der Waals surface area contributed by atoms with Crippen molar-refractivity contribution in [3.63, 3.8) is 0 Å². The molecule has 0 bridgehead atoms. The van der Waals surface area contributed by atoms with Gasteiger partial charge in [0.15, 0.2) is 6.73 Å². The highest BCUT2D eigenvalue weighted by atomic mass is 79.9. The third-order valence-corrected chi connectivity index (χ3v) is 6.51. The van der Waals surface area contributed by atoms with Crippen molar-refractivity contribution in [3.8, 4) is 5.75 Å². The number of anilines is 1. The Bertz CT molecular complexity index is 1350. The van der Waals surface area contributed by atoms with Crippen molar-refractivity contribution in [2.45, 2.75) is 19.9 Å². The van der Waals surface area contributed by atoms with Crippen molar-refractivity contribution in [1.29, 1.82) is 0 Å². The number of halogens is 2. The van der Waals surface area contributed by atoms with E-state index in [-0.39, 0.29) is 5.63 Å². The number of benzene rings is 3. The van der Waals surface area contributed by atoms with Crippen molar-refractivity contribution < 1.29 is 9.15 Å². The Morgan fingerprint density at radius 3 is 2.68 bits per heavy atom. The van der Waals surface area contributed by atoms with Crippen molar-refractivity contribution in [2.75, 3.05) is 11.6 Å². The van der Waals surface area contributed by atoms with Crippen LogP contribution in [0, 0.1) is 6.92 Å². The van der Waals surface area contributed by atoms with Crippen LogP contribution in [-0.4, -0.2) is 6.73 Å². The van der Waals surface area contributed by atoms with E-state index >= 15 is 0 Å². The van der Waals surface area contributed by atoms with E-state index in [1.165, 1.54) is 0 Å². The average Bonchev–Trinajstić information content (AvgIpc) is 2.77. The van der Waals surface area contributed by atoms with E-state index in [0.717, 1.165) is 38.0 Å². The molecule has 5 rings (SSSR count). The SMILES string of the molecule is Cc1c(Cc2ccccc2)c(=O)oc2c3c(ccc12)OCN(c1ccc(Br)cc1Cl)C3. The van der Waals surface area contributed by atoms with Gasteiger partial charge in [-0.25, -0.2) is 4.79 Å². The summed E-state index contributed by atoms with van der Waals surface area (Å²) < 4.78 is 12.8. The normalized spacial score (nSPS) is 13.2. The highest BCUT2D eigenvalue weighted by Gasteiger charge is 2.24. The maximum absolute atomic E-state index is 12.9. The summed E-state index contributed by atoms with van der Waals surface area (Å²) in [5, 5.41) is 1.56. The lowest BCUT2D eigenvalue weighted by molar-refractivity contribution is 0.289. The van der Waals surface area contributed by atoms with E-state index < -0.39 is 0 Å². The highest BCUT2D eigenvalue weighted by Crippen LogP contribution is 2.37. The monoisotopic (exact) mass is 495 g/mol. The highest BCUT2D eigenvalue weighted by molar-refractivity contribution is 9.10. The maximum atomic E-state index is 12.9. The number of aryl methyl sites for hydroxylation is 1. The van der Waals surface area contributed by atoms with Crippen LogP contribution in [0.1, 0.15) is 22.3 Å². The largest absolute Gasteiger partial charge is 0.473 e. The van der Waals surface area contributed by atoms with Crippen molar-refractivity contribution >= 4 is 44.2 Å². The number of hydrogen-bond acceptors (Lipinski definition) is 4. The minimum atomic E-state index is -0.305. The Labute approximate surface area is 193 Å². The standard InChI is InChI=1S/C25H19BrClNO3/c1-15-18-8-10-23-20(13-28(14-30-23)22-9-7-17(26)12-21(22)27)24(18)31-25(29)19(15)11-16-5-3-2-4-6-16/h2-10,12H,11,13-14H2,1H3. The van der Waals surface area contributed by atoms with Crippen LogP contribution in [0.3, 0.4) is 0 Å². The lowest BCUT2D eigenvalue weighted by atomic mass is 9.97. The average molecular weight is 497 g/mol. The second-order valence-electron chi connectivity index (χ2n) is 7.64. The molecular weight excluding hydrogens is 478 g/mol. The zero-order valence-electron chi connectivity index (χ0n) is 16.8. The fraction of sp³-hybridized carbons (Fsp3) is 0.160. The molecule has 156 valence electrons. The van der Waals surface area contributed by atoms with Crippen LogP contribution in [0.2, 0.25) is 5.02 Å². The molecule has 0 saturated heterocycles. The molecule has 31 heavy (non-hydrogen) atoms. The molecule has 6 heteroatoms.